The minimum Gasteiger partial charge on any atom is -0.456 e. The van der Waals surface area contributed by atoms with Crippen LogP contribution in [0.5, 0.6) is 0 Å². The molecule has 3 fully saturated rings. The molecule has 0 radical (unpaired) electrons. The van der Waals surface area contributed by atoms with Gasteiger partial charge in [-0.25, -0.2) is 4.79 Å². The second kappa shape index (κ2) is 19.8. The van der Waals surface area contributed by atoms with Gasteiger partial charge in [-0.05, 0) is 89.0 Å². The Hall–Kier alpha value is -2.52. The van der Waals surface area contributed by atoms with E-state index in [1.807, 2.05) is 39.8 Å². The van der Waals surface area contributed by atoms with Crippen LogP contribution in [0, 0.1) is 29.6 Å². The zero-order chi connectivity index (χ0) is 40.8. The number of amides is 1. The SMILES string of the molecule is CCC1C=C(C)CC(C)CC(OC)C2OC(O)(C(=O)C(=O)N3CCCC3C(=O)OC(C(C)=CC3CCC(O)C(OC)C3)C(C)C(O)CC1=O)C(C)CC2OC. The standard InChI is InChI=1S/C42H67NO12/c1-10-29-17-23(2)16-24(3)18-35(52-8)38-36(53-9)20-26(5)42(50,55-38)39(47)40(48)43-15-11-12-30(43)41(49)54-37(27(6)32(45)22-33(29)46)25(4)19-28-13-14-31(44)34(21-28)51-7/h17,19,24,26-32,34-38,44-45,50H,10-16,18,20-22H2,1-9H3. The van der Waals surface area contributed by atoms with Crippen molar-refractivity contribution in [1.82, 2.24) is 4.90 Å². The van der Waals surface area contributed by atoms with Crippen LogP contribution in [0.2, 0.25) is 0 Å². The highest BCUT2D eigenvalue weighted by Gasteiger charge is 2.57. The number of cyclic esters (lactones) is 1. The summed E-state index contributed by atoms with van der Waals surface area (Å²) in [7, 11) is 4.62. The van der Waals surface area contributed by atoms with Crippen LogP contribution in [-0.2, 0) is 42.9 Å². The van der Waals surface area contributed by atoms with Gasteiger partial charge < -0.3 is 43.9 Å². The van der Waals surface area contributed by atoms with Crippen LogP contribution < -0.4 is 0 Å². The molecule has 14 unspecified atom stereocenters. The highest BCUT2D eigenvalue weighted by atomic mass is 16.7. The van der Waals surface area contributed by atoms with Gasteiger partial charge in [-0.1, -0.05) is 45.4 Å². The van der Waals surface area contributed by atoms with Gasteiger partial charge in [0.05, 0.1) is 30.5 Å². The number of hydrogen-bond donors (Lipinski definition) is 3. The van der Waals surface area contributed by atoms with Gasteiger partial charge in [-0.2, -0.15) is 0 Å². The van der Waals surface area contributed by atoms with Gasteiger partial charge in [0.25, 0.3) is 11.7 Å². The molecule has 55 heavy (non-hydrogen) atoms. The molecule has 1 amide bonds. The predicted molar refractivity (Wildman–Crippen MR) is 203 cm³/mol. The summed E-state index contributed by atoms with van der Waals surface area (Å²) < 4.78 is 29.6. The van der Waals surface area contributed by atoms with E-state index in [0.29, 0.717) is 50.5 Å². The van der Waals surface area contributed by atoms with Crippen LogP contribution in [0.3, 0.4) is 0 Å². The third-order valence-corrected chi connectivity index (χ3v) is 12.6. The maximum atomic E-state index is 14.1. The van der Waals surface area contributed by atoms with Gasteiger partial charge in [0.2, 0.25) is 5.79 Å². The molecule has 0 spiro atoms. The Kier molecular flexibility index (Phi) is 16.2. The number of methoxy groups -OCH3 is 3. The summed E-state index contributed by atoms with van der Waals surface area (Å²) in [6, 6.07) is -1.12. The number of carbonyl (C=O) groups excluding carboxylic acids is 4. The summed E-state index contributed by atoms with van der Waals surface area (Å²) in [4.78, 5) is 57.2. The zero-order valence-electron chi connectivity index (χ0n) is 34.4. The first kappa shape index (κ1) is 45.2. The van der Waals surface area contributed by atoms with Gasteiger partial charge in [0.15, 0.2) is 0 Å². The van der Waals surface area contributed by atoms with Crippen molar-refractivity contribution in [2.45, 2.75) is 160 Å². The first-order chi connectivity index (χ1) is 26.0. The minimum absolute atomic E-state index is 0.00258. The quantitative estimate of drug-likeness (QED) is 0.200. The number of allylic oxidation sites excluding steroid dienone is 3. The molecule has 1 aliphatic carbocycles. The smallest absolute Gasteiger partial charge is 0.329 e. The normalized spacial score (nSPS) is 40.9. The van der Waals surface area contributed by atoms with E-state index in [1.54, 1.807) is 21.0 Å². The number of carbonyl (C=O) groups is 4. The van der Waals surface area contributed by atoms with Gasteiger partial charge in [-0.15, -0.1) is 0 Å². The van der Waals surface area contributed by atoms with Gasteiger partial charge >= 0.3 is 5.97 Å². The van der Waals surface area contributed by atoms with E-state index >= 15 is 0 Å². The maximum Gasteiger partial charge on any atom is 0.329 e. The Balaban J connectivity index is 1.74. The van der Waals surface area contributed by atoms with Gasteiger partial charge in [-0.3, -0.25) is 14.4 Å². The molecule has 3 N–H and O–H groups in total. The fraction of sp³-hybridized carbons (Fsp3) is 0.810. The van der Waals surface area contributed by atoms with E-state index in [9.17, 15) is 34.5 Å². The predicted octanol–water partition coefficient (Wildman–Crippen LogP) is 4.08. The van der Waals surface area contributed by atoms with Crippen LogP contribution in [0.25, 0.3) is 0 Å². The van der Waals surface area contributed by atoms with E-state index in [4.69, 9.17) is 23.7 Å². The Labute approximate surface area is 327 Å². The second-order valence-electron chi connectivity index (χ2n) is 16.8. The molecule has 1 saturated carbocycles. The molecule has 3 aliphatic heterocycles. The molecule has 4 aliphatic rings. The Morgan fingerprint density at radius 3 is 2.22 bits per heavy atom. The van der Waals surface area contributed by atoms with Crippen molar-refractivity contribution in [2.24, 2.45) is 29.6 Å². The molecule has 2 saturated heterocycles. The van der Waals surface area contributed by atoms with Crippen LogP contribution in [-0.4, -0.2) is 126 Å². The Morgan fingerprint density at radius 1 is 0.927 bits per heavy atom. The van der Waals surface area contributed by atoms with Crippen LogP contribution in [0.1, 0.15) is 106 Å². The average Bonchev–Trinajstić information content (AvgIpc) is 3.65. The van der Waals surface area contributed by atoms with Gasteiger partial charge in [0, 0.05) is 52.0 Å². The average molecular weight is 778 g/mol. The Bertz CT molecular complexity index is 1410. The lowest BCUT2D eigenvalue weighted by atomic mass is 9.81. The second-order valence-corrected chi connectivity index (χ2v) is 16.8. The number of fused-ring (bicyclic) bond motifs is 3. The topological polar surface area (TPSA) is 178 Å². The van der Waals surface area contributed by atoms with Crippen LogP contribution in [0.15, 0.2) is 23.3 Å². The number of Topliss-reactive ketones (excluding diaryl/α,β-unsaturated/α-hetero) is 2. The summed E-state index contributed by atoms with van der Waals surface area (Å²) in [5, 5.41) is 33.9. The van der Waals surface area contributed by atoms with Crippen LogP contribution >= 0.6 is 0 Å². The molecule has 13 nitrogen and oxygen atoms in total. The van der Waals surface area contributed by atoms with Gasteiger partial charge in [0.1, 0.15) is 24.0 Å². The molecule has 0 aromatic rings. The number of esters is 1. The summed E-state index contributed by atoms with van der Waals surface area (Å²) in [6.45, 7) is 11.2. The molecule has 312 valence electrons. The number of aliphatic hydroxyl groups excluding tert-OH is 2. The van der Waals surface area contributed by atoms with Crippen LogP contribution in [0.4, 0.5) is 0 Å². The van der Waals surface area contributed by atoms with Crippen molar-refractivity contribution in [3.05, 3.63) is 23.3 Å². The largest absolute Gasteiger partial charge is 0.456 e. The van der Waals surface area contributed by atoms with Crippen molar-refractivity contribution in [2.75, 3.05) is 27.9 Å². The summed E-state index contributed by atoms with van der Waals surface area (Å²) in [5.74, 6) is -7.50. The van der Waals surface area contributed by atoms with E-state index in [0.717, 1.165) is 10.5 Å². The molecule has 3 heterocycles. The molecule has 2 bridgehead atoms. The van der Waals surface area contributed by atoms with E-state index < -0.39 is 83.9 Å². The van der Waals surface area contributed by atoms with E-state index in [-0.39, 0.29) is 49.5 Å². The monoisotopic (exact) mass is 777 g/mol. The first-order valence-corrected chi connectivity index (χ1v) is 20.3. The number of ether oxygens (including phenoxy) is 5. The third-order valence-electron chi connectivity index (χ3n) is 12.6. The lowest BCUT2D eigenvalue weighted by Gasteiger charge is -2.46. The lowest BCUT2D eigenvalue weighted by Crippen LogP contribution is -2.63. The molecular weight excluding hydrogens is 710 g/mol. The Morgan fingerprint density at radius 2 is 1.58 bits per heavy atom. The van der Waals surface area contributed by atoms with E-state index in [2.05, 4.69) is 0 Å². The van der Waals surface area contributed by atoms with Crippen molar-refractivity contribution < 1.29 is 58.2 Å². The maximum absolute atomic E-state index is 14.1. The number of ketones is 2. The van der Waals surface area contributed by atoms with Crippen molar-refractivity contribution in [3.63, 3.8) is 0 Å². The fourth-order valence-electron chi connectivity index (χ4n) is 9.23. The zero-order valence-corrected chi connectivity index (χ0v) is 34.4. The van der Waals surface area contributed by atoms with E-state index in [1.165, 1.54) is 14.2 Å². The summed E-state index contributed by atoms with van der Waals surface area (Å²) >= 11 is 0. The molecular formula is C42H67NO12. The summed E-state index contributed by atoms with van der Waals surface area (Å²) in [6.07, 6.45) is 3.01. The molecule has 4 rings (SSSR count). The molecule has 0 aromatic heterocycles. The number of rotatable bonds is 6. The molecule has 13 heteroatoms. The fourth-order valence-corrected chi connectivity index (χ4v) is 9.23. The third kappa shape index (κ3) is 10.5. The minimum atomic E-state index is -2.49. The number of aliphatic hydroxyl groups is 3. The molecule has 0 aromatic carbocycles. The highest BCUT2D eigenvalue weighted by Crippen LogP contribution is 2.39. The van der Waals surface area contributed by atoms with Crippen molar-refractivity contribution in [3.8, 4) is 0 Å². The van der Waals surface area contributed by atoms with Crippen molar-refractivity contribution in [1.29, 1.82) is 0 Å². The highest BCUT2D eigenvalue weighted by molar-refractivity contribution is 6.39. The number of nitrogens with zero attached hydrogens (tertiary/aromatic N) is 1. The lowest BCUT2D eigenvalue weighted by molar-refractivity contribution is -0.302. The number of hydrogen-bond acceptors (Lipinski definition) is 12. The first-order valence-electron chi connectivity index (χ1n) is 20.3. The molecule has 14 atom stereocenters. The summed E-state index contributed by atoms with van der Waals surface area (Å²) in [5.41, 5.74) is 1.66. The van der Waals surface area contributed by atoms with Crippen molar-refractivity contribution >= 4 is 23.4 Å².